The fourth-order valence-electron chi connectivity index (χ4n) is 3.01. The first-order valence-corrected chi connectivity index (χ1v) is 10.6. The number of benzene rings is 1. The highest BCUT2D eigenvalue weighted by atomic mass is 19.4. The minimum Gasteiger partial charge on any atom is -0.476 e. The smallest absolute Gasteiger partial charge is 0.418 e. The van der Waals surface area contributed by atoms with E-state index < -0.39 is 58.3 Å². The average Bonchev–Trinajstić information content (AvgIpc) is 2.72. The lowest BCUT2D eigenvalue weighted by Gasteiger charge is -2.34. The number of anilines is 2. The van der Waals surface area contributed by atoms with Crippen LogP contribution in [-0.2, 0) is 11.0 Å². The van der Waals surface area contributed by atoms with Gasteiger partial charge >= 0.3 is 12.2 Å². The summed E-state index contributed by atoms with van der Waals surface area (Å²) in [5, 5.41) is 4.34. The number of hydrogen-bond donors (Lipinski definition) is 2. The third kappa shape index (κ3) is 6.85. The van der Waals surface area contributed by atoms with Gasteiger partial charge in [0.05, 0.1) is 23.5 Å². The molecule has 10 heteroatoms. The second-order valence-electron chi connectivity index (χ2n) is 8.15. The number of alkyl halides is 3. The molecule has 3 amide bonds. The summed E-state index contributed by atoms with van der Waals surface area (Å²) in [5.74, 6) is -2.66. The van der Waals surface area contributed by atoms with Crippen LogP contribution in [0.2, 0.25) is 0 Å². The second-order valence-corrected chi connectivity index (χ2v) is 8.15. The Bertz CT molecular complexity index is 979. The third-order valence-electron chi connectivity index (χ3n) is 4.37. The Morgan fingerprint density at radius 3 is 2.29 bits per heavy atom. The van der Waals surface area contributed by atoms with Gasteiger partial charge in [-0.1, -0.05) is 45.2 Å². The molecule has 1 aromatic rings. The van der Waals surface area contributed by atoms with Crippen molar-refractivity contribution in [1.82, 2.24) is 5.32 Å². The monoisotopic (exact) mass is 485 g/mol. The molecule has 0 radical (unpaired) electrons. The summed E-state index contributed by atoms with van der Waals surface area (Å²) in [6, 6.07) is -0.440. The molecule has 1 unspecified atom stereocenters. The van der Waals surface area contributed by atoms with Crippen molar-refractivity contribution in [2.75, 3.05) is 16.8 Å². The molecule has 34 heavy (non-hydrogen) atoms. The lowest BCUT2D eigenvalue weighted by Crippen LogP contribution is -2.46. The second kappa shape index (κ2) is 11.2. The van der Waals surface area contributed by atoms with Crippen molar-refractivity contribution in [3.05, 3.63) is 54.4 Å². The molecule has 1 aromatic carbocycles. The van der Waals surface area contributed by atoms with Crippen LogP contribution in [0, 0.1) is 5.82 Å². The molecule has 2 rings (SSSR count). The number of allylic oxidation sites excluding steroid dienone is 2. The van der Waals surface area contributed by atoms with Crippen molar-refractivity contribution in [3.63, 3.8) is 0 Å². The fraction of sp³-hybridized carbons (Fsp3) is 0.417. The van der Waals surface area contributed by atoms with Crippen LogP contribution in [-0.4, -0.2) is 30.1 Å². The van der Waals surface area contributed by atoms with Gasteiger partial charge in [-0.25, -0.2) is 9.18 Å². The van der Waals surface area contributed by atoms with E-state index in [-0.39, 0.29) is 6.54 Å². The minimum absolute atomic E-state index is 0.178. The largest absolute Gasteiger partial charge is 0.476 e. The van der Waals surface area contributed by atoms with E-state index in [9.17, 15) is 22.8 Å². The Balaban J connectivity index is 0.00000281. The molecule has 188 valence electrons. The molecular formula is C24H31F4N3O3. The molecule has 0 spiro atoms. The van der Waals surface area contributed by atoms with Crippen LogP contribution in [0.1, 0.15) is 47.1 Å². The first kappa shape index (κ1) is 28.7. The van der Waals surface area contributed by atoms with Crippen LogP contribution < -0.4 is 20.3 Å². The Labute approximate surface area is 197 Å². The van der Waals surface area contributed by atoms with Crippen molar-refractivity contribution in [2.24, 2.45) is 0 Å². The molecule has 0 aromatic heterocycles. The predicted octanol–water partition coefficient (Wildman–Crippen LogP) is 6.20. The van der Waals surface area contributed by atoms with Crippen LogP contribution in [0.25, 0.3) is 0 Å². The van der Waals surface area contributed by atoms with Crippen LogP contribution >= 0.6 is 0 Å². The van der Waals surface area contributed by atoms with E-state index >= 15 is 4.39 Å². The van der Waals surface area contributed by atoms with Crippen LogP contribution in [0.4, 0.5) is 33.7 Å². The maximum atomic E-state index is 15.3. The number of ether oxygens (including phenoxy) is 1. The van der Waals surface area contributed by atoms with Gasteiger partial charge in [0, 0.05) is 5.54 Å². The first-order chi connectivity index (χ1) is 15.7. The van der Waals surface area contributed by atoms with Gasteiger partial charge in [-0.15, -0.1) is 0 Å². The number of urea groups is 1. The number of halogens is 4. The van der Waals surface area contributed by atoms with Gasteiger partial charge < -0.3 is 20.3 Å². The molecule has 0 fully saturated rings. The SMILES string of the molecule is C=C/C=C(\C=C)CN1C(=O)C(C)Oc2c1cc(C(F)(F)F)c(NC(=O)NC(C)(C)C)c2F.CC. The lowest BCUT2D eigenvalue weighted by atomic mass is 10.0. The Morgan fingerprint density at radius 1 is 1.24 bits per heavy atom. The minimum atomic E-state index is -5.03. The number of nitrogens with zero attached hydrogens (tertiary/aromatic N) is 1. The Kier molecular flexibility index (Phi) is 9.48. The van der Waals surface area contributed by atoms with E-state index in [1.807, 2.05) is 19.2 Å². The number of fused-ring (bicyclic) bond motifs is 1. The molecule has 1 atom stereocenters. The topological polar surface area (TPSA) is 70.7 Å². The molecule has 0 saturated carbocycles. The van der Waals surface area contributed by atoms with E-state index in [2.05, 4.69) is 18.5 Å². The first-order valence-electron chi connectivity index (χ1n) is 10.6. The summed E-state index contributed by atoms with van der Waals surface area (Å²) in [5.41, 5.74) is -3.27. The van der Waals surface area contributed by atoms with Crippen LogP contribution in [0.15, 0.2) is 43.0 Å². The molecule has 1 aliphatic rings. The normalized spacial score (nSPS) is 15.9. The summed E-state index contributed by atoms with van der Waals surface area (Å²) in [6.45, 7) is 17.1. The van der Waals surface area contributed by atoms with E-state index in [0.717, 1.165) is 4.90 Å². The van der Waals surface area contributed by atoms with E-state index in [0.29, 0.717) is 11.6 Å². The Morgan fingerprint density at radius 2 is 1.82 bits per heavy atom. The maximum Gasteiger partial charge on any atom is 0.418 e. The third-order valence-corrected chi connectivity index (χ3v) is 4.37. The maximum absolute atomic E-state index is 15.3. The van der Waals surface area contributed by atoms with E-state index in [1.54, 1.807) is 20.8 Å². The molecule has 0 bridgehead atoms. The zero-order chi connectivity index (χ0) is 26.4. The summed E-state index contributed by atoms with van der Waals surface area (Å²) >= 11 is 0. The number of carbonyl (C=O) groups excluding carboxylic acids is 2. The van der Waals surface area contributed by atoms with Gasteiger partial charge in [-0.3, -0.25) is 4.79 Å². The number of nitrogens with one attached hydrogen (secondary N) is 2. The van der Waals surface area contributed by atoms with Gasteiger partial charge in [0.2, 0.25) is 0 Å². The summed E-state index contributed by atoms with van der Waals surface area (Å²) in [4.78, 5) is 25.8. The van der Waals surface area contributed by atoms with Crippen molar-refractivity contribution < 1.29 is 31.9 Å². The predicted molar refractivity (Wildman–Crippen MR) is 126 cm³/mol. The zero-order valence-electron chi connectivity index (χ0n) is 20.2. The Hall–Kier alpha value is -3.30. The molecule has 6 nitrogen and oxygen atoms in total. The molecular weight excluding hydrogens is 454 g/mol. The van der Waals surface area contributed by atoms with Gasteiger partial charge in [-0.05, 0) is 39.3 Å². The number of carbonyl (C=O) groups is 2. The van der Waals surface area contributed by atoms with Crippen LogP contribution in [0.3, 0.4) is 0 Å². The summed E-state index contributed by atoms with van der Waals surface area (Å²) in [7, 11) is 0. The quantitative estimate of drug-likeness (QED) is 0.385. The lowest BCUT2D eigenvalue weighted by molar-refractivity contribution is -0.137. The average molecular weight is 486 g/mol. The highest BCUT2D eigenvalue weighted by Crippen LogP contribution is 2.47. The molecule has 0 saturated heterocycles. The standard InChI is InChI=1S/C22H25F4N3O3.C2H6/c1-7-9-13(8-2)11-29-15-10-14(22(24,25)26)17(27-20(31)28-21(4,5)6)16(23)18(15)32-12(3)19(29)30;1-2/h7-10,12H,1-2,11H2,3-6H3,(H2,27,28,31);1-2H3/b13-9+;. The number of hydrogen-bond acceptors (Lipinski definition) is 3. The van der Waals surface area contributed by atoms with E-state index in [1.165, 1.54) is 25.2 Å². The number of rotatable bonds is 5. The van der Waals surface area contributed by atoms with Crippen molar-refractivity contribution >= 4 is 23.3 Å². The zero-order valence-corrected chi connectivity index (χ0v) is 20.2. The molecule has 0 aliphatic carbocycles. The summed E-state index contributed by atoms with van der Waals surface area (Å²) in [6.07, 6.45) is -1.85. The summed E-state index contributed by atoms with van der Waals surface area (Å²) < 4.78 is 62.1. The number of amides is 3. The van der Waals surface area contributed by atoms with Crippen molar-refractivity contribution in [1.29, 1.82) is 0 Å². The van der Waals surface area contributed by atoms with Gasteiger partial charge in [0.1, 0.15) is 0 Å². The highest BCUT2D eigenvalue weighted by Gasteiger charge is 2.42. The van der Waals surface area contributed by atoms with Gasteiger partial charge in [-0.2, -0.15) is 13.2 Å². The van der Waals surface area contributed by atoms with Crippen molar-refractivity contribution in [2.45, 2.75) is 59.4 Å². The van der Waals surface area contributed by atoms with Crippen molar-refractivity contribution in [3.8, 4) is 5.75 Å². The molecule has 1 heterocycles. The fourth-order valence-corrected chi connectivity index (χ4v) is 3.01. The highest BCUT2D eigenvalue weighted by molar-refractivity contribution is 6.01. The van der Waals surface area contributed by atoms with E-state index in [4.69, 9.17) is 4.74 Å². The molecule has 2 N–H and O–H groups in total. The van der Waals surface area contributed by atoms with Crippen LogP contribution in [0.5, 0.6) is 5.75 Å². The van der Waals surface area contributed by atoms with Gasteiger partial charge in [0.25, 0.3) is 5.91 Å². The molecule has 1 aliphatic heterocycles. The van der Waals surface area contributed by atoms with Gasteiger partial charge in [0.15, 0.2) is 17.7 Å².